The Labute approximate surface area is 550 Å². The molecule has 0 aromatic carbocycles. The second-order valence-corrected chi connectivity index (χ2v) is 26.7. The highest BCUT2D eigenvalue weighted by molar-refractivity contribution is 14.1. The monoisotopic (exact) mass is 1340 g/mol. The standard InChI is InChI=1S/C46H72N2O4.C16H33I.C15H9NO4/c1-5-9-13-17-19-23-29-37(27-21-15-11-7-3)35-47-43(39-31-25-33-51-39)41-42(45(47)49)44(40-32-26-34-52-40)48(46(41)50)36-38(28-22-16-12-8-4)30-24-20-18-14-10-6-2;1-3-5-7-9-10-12-14-16(15-17)13-11-8-6-4-2;17-9-7-8(10-3-1-5-19-10)12-13(9)14(16-15(12)18)11-4-2-6-20-11/h25-26,31-34,37-38H,5-24,27-30,35-36H2,1-4H3;16H,3-15H2,1-2H3;1-6H,7H2,(H,16,18). The maximum absolute atomic E-state index is 14.8. The van der Waals surface area contributed by atoms with E-state index in [4.69, 9.17) is 17.7 Å². The van der Waals surface area contributed by atoms with E-state index in [1.54, 1.807) is 36.8 Å². The molecule has 1 aliphatic carbocycles. The van der Waals surface area contributed by atoms with Crippen LogP contribution in [0.15, 0.2) is 114 Å². The van der Waals surface area contributed by atoms with Crippen LogP contribution in [0.2, 0.25) is 0 Å². The molecule has 0 bridgehead atoms. The second-order valence-electron chi connectivity index (χ2n) is 25.8. The number of Topliss-reactive ketones (excluding diaryl/α,β-unsaturated/α-hetero) is 1. The van der Waals surface area contributed by atoms with Crippen LogP contribution in [0.1, 0.15) is 302 Å². The molecule has 3 atom stereocenters. The van der Waals surface area contributed by atoms with Crippen molar-refractivity contribution in [2.75, 3.05) is 17.5 Å². The van der Waals surface area contributed by atoms with E-state index in [1.807, 2.05) is 34.1 Å². The Kier molecular flexibility index (Phi) is 34.5. The van der Waals surface area contributed by atoms with Crippen molar-refractivity contribution in [3.8, 4) is 0 Å². The Morgan fingerprint density at radius 1 is 0.393 bits per heavy atom. The molecule has 0 saturated carbocycles. The molecule has 0 spiro atoms. The Morgan fingerprint density at radius 2 is 0.708 bits per heavy atom. The van der Waals surface area contributed by atoms with E-state index in [-0.39, 0.29) is 29.9 Å². The number of hydrogen-bond acceptors (Lipinski definition) is 8. The third kappa shape index (κ3) is 22.6. The summed E-state index contributed by atoms with van der Waals surface area (Å²) in [6.07, 6.45) is 53.2. The zero-order valence-corrected chi connectivity index (χ0v) is 58.1. The van der Waals surface area contributed by atoms with Crippen LogP contribution in [-0.4, -0.2) is 50.8 Å². The zero-order valence-electron chi connectivity index (χ0n) is 56.0. The van der Waals surface area contributed by atoms with Crippen LogP contribution >= 0.6 is 22.6 Å². The van der Waals surface area contributed by atoms with Crippen LogP contribution in [0, 0.1) is 17.8 Å². The van der Waals surface area contributed by atoms with Crippen molar-refractivity contribution in [3.05, 3.63) is 119 Å². The van der Waals surface area contributed by atoms with E-state index < -0.39 is 0 Å². The Bertz CT molecular complexity index is 2590. The van der Waals surface area contributed by atoms with Gasteiger partial charge in [-0.05, 0) is 105 Å². The van der Waals surface area contributed by atoms with Gasteiger partial charge in [0.2, 0.25) is 0 Å². The summed E-state index contributed by atoms with van der Waals surface area (Å²) in [5.41, 5.74) is 4.18. The largest absolute Gasteiger partial charge is 0.465 e. The van der Waals surface area contributed by atoms with Gasteiger partial charge in [-0.2, -0.15) is 0 Å². The highest BCUT2D eigenvalue weighted by atomic mass is 127. The third-order valence-electron chi connectivity index (χ3n) is 18.6. The minimum absolute atomic E-state index is 0.0828. The molecule has 89 heavy (non-hydrogen) atoms. The number of carbonyl (C=O) groups excluding carboxylic acids is 4. The molecule has 3 aliphatic heterocycles. The van der Waals surface area contributed by atoms with E-state index in [0.717, 1.165) is 31.6 Å². The van der Waals surface area contributed by atoms with Crippen molar-refractivity contribution < 1.29 is 36.8 Å². The molecule has 12 heteroatoms. The van der Waals surface area contributed by atoms with Crippen LogP contribution < -0.4 is 5.32 Å². The molecular formula is C77H114IN3O8. The number of rotatable bonds is 45. The fourth-order valence-electron chi connectivity index (χ4n) is 13.4. The van der Waals surface area contributed by atoms with Crippen LogP contribution in [-0.2, 0) is 19.2 Å². The van der Waals surface area contributed by atoms with Crippen molar-refractivity contribution in [2.45, 2.75) is 279 Å². The molecule has 3 unspecified atom stereocenters. The Morgan fingerprint density at radius 3 is 1.04 bits per heavy atom. The van der Waals surface area contributed by atoms with Gasteiger partial charge in [-0.1, -0.05) is 257 Å². The molecule has 4 aliphatic rings. The number of nitrogens with one attached hydrogen (secondary N) is 1. The number of furan rings is 4. The van der Waals surface area contributed by atoms with Crippen molar-refractivity contribution in [3.63, 3.8) is 0 Å². The quantitative estimate of drug-likeness (QED) is 0.0262. The van der Waals surface area contributed by atoms with Crippen LogP contribution in [0.4, 0.5) is 0 Å². The van der Waals surface area contributed by atoms with E-state index in [9.17, 15) is 19.2 Å². The van der Waals surface area contributed by atoms with Crippen molar-refractivity contribution in [1.29, 1.82) is 0 Å². The average Bonchev–Trinajstić information content (AvgIpc) is 2.23. The minimum atomic E-state index is -0.288. The SMILES string of the molecule is CCCCCCCCC(CCCCCC)CN1C(=O)C2=C(c3ccco3)N(CC(CCCCCC)CCCCCCCC)C(=O)C2=C1c1ccco1.CCCCCCCCC(CI)CCCCCC.O=C1CC(c2ccco2)=C2C(=O)NC(c3ccco3)=C12. The number of amides is 3. The number of halogens is 1. The molecule has 8 rings (SSSR count). The summed E-state index contributed by atoms with van der Waals surface area (Å²) < 4.78 is 24.0. The first kappa shape index (κ1) is 72.9. The molecule has 3 amide bonds. The summed E-state index contributed by atoms with van der Waals surface area (Å²) in [5.74, 6) is 3.44. The van der Waals surface area contributed by atoms with Gasteiger partial charge in [-0.15, -0.1) is 0 Å². The highest BCUT2D eigenvalue weighted by Gasteiger charge is 2.51. The smallest absolute Gasteiger partial charge is 0.261 e. The summed E-state index contributed by atoms with van der Waals surface area (Å²) in [4.78, 5) is 57.9. The summed E-state index contributed by atoms with van der Waals surface area (Å²) in [6, 6.07) is 14.5. The first-order chi connectivity index (χ1) is 43.6. The van der Waals surface area contributed by atoms with Gasteiger partial charge in [-0.25, -0.2) is 0 Å². The van der Waals surface area contributed by atoms with Gasteiger partial charge in [0, 0.05) is 29.5 Å². The molecule has 0 saturated heterocycles. The topological polar surface area (TPSA) is 139 Å². The first-order valence-corrected chi connectivity index (χ1v) is 37.3. The molecule has 1 N–H and O–H groups in total. The summed E-state index contributed by atoms with van der Waals surface area (Å²) in [7, 11) is 0. The Hall–Kier alpha value is -5.11. The van der Waals surface area contributed by atoms with Gasteiger partial charge in [0.25, 0.3) is 17.7 Å². The van der Waals surface area contributed by atoms with Crippen LogP contribution in [0.25, 0.3) is 22.7 Å². The van der Waals surface area contributed by atoms with Gasteiger partial charge in [0.05, 0.1) is 53.0 Å². The summed E-state index contributed by atoms with van der Waals surface area (Å²) in [6.45, 7) is 14.9. The lowest BCUT2D eigenvalue weighted by molar-refractivity contribution is -0.124. The lowest BCUT2D eigenvalue weighted by atomic mass is 9.93. The molecule has 0 fully saturated rings. The number of fused-ring (bicyclic) bond motifs is 2. The van der Waals surface area contributed by atoms with Crippen molar-refractivity contribution >= 4 is 68.8 Å². The predicted octanol–water partition coefficient (Wildman–Crippen LogP) is 22.3. The number of allylic oxidation sites excluding steroid dienone is 1. The highest BCUT2D eigenvalue weighted by Crippen LogP contribution is 2.48. The normalized spacial score (nSPS) is 15.8. The summed E-state index contributed by atoms with van der Waals surface area (Å²) >= 11 is 2.58. The van der Waals surface area contributed by atoms with Gasteiger partial charge in [0.15, 0.2) is 23.1 Å². The average molecular weight is 1340 g/mol. The van der Waals surface area contributed by atoms with Gasteiger partial charge in [0.1, 0.15) is 17.2 Å². The van der Waals surface area contributed by atoms with Gasteiger partial charge in [-0.3, -0.25) is 19.2 Å². The number of nitrogens with zero attached hydrogens (tertiary/aromatic N) is 2. The number of unbranched alkanes of at least 4 members (excludes halogenated alkanes) is 24. The molecule has 4 aromatic heterocycles. The molecule has 0 radical (unpaired) electrons. The predicted molar refractivity (Wildman–Crippen MR) is 373 cm³/mol. The zero-order chi connectivity index (χ0) is 63.4. The van der Waals surface area contributed by atoms with Gasteiger partial charge >= 0.3 is 0 Å². The van der Waals surface area contributed by atoms with E-state index in [2.05, 4.69) is 69.5 Å². The van der Waals surface area contributed by atoms with E-state index in [0.29, 0.717) is 92.9 Å². The summed E-state index contributed by atoms with van der Waals surface area (Å²) in [5, 5.41) is 2.71. The first-order valence-electron chi connectivity index (χ1n) is 35.8. The van der Waals surface area contributed by atoms with Crippen molar-refractivity contribution in [2.24, 2.45) is 17.8 Å². The maximum atomic E-state index is 14.8. The number of carbonyl (C=O) groups is 4. The third-order valence-corrected chi connectivity index (χ3v) is 19.8. The number of hydrogen-bond donors (Lipinski definition) is 1. The van der Waals surface area contributed by atoms with Gasteiger partial charge < -0.3 is 32.8 Å². The fourth-order valence-corrected chi connectivity index (χ4v) is 14.3. The van der Waals surface area contributed by atoms with E-state index in [1.165, 1.54) is 222 Å². The van der Waals surface area contributed by atoms with Crippen LogP contribution in [0.3, 0.4) is 0 Å². The minimum Gasteiger partial charge on any atom is -0.465 e. The van der Waals surface area contributed by atoms with Crippen molar-refractivity contribution in [1.82, 2.24) is 15.1 Å². The number of alkyl halides is 1. The lowest BCUT2D eigenvalue weighted by Gasteiger charge is -2.29. The maximum Gasteiger partial charge on any atom is 0.261 e. The van der Waals surface area contributed by atoms with E-state index >= 15 is 0 Å². The molecule has 492 valence electrons. The second kappa shape index (κ2) is 42.1. The fraction of sp³-hybridized carbons (Fsp3) is 0.636. The molecular weight excluding hydrogens is 1220 g/mol. The Balaban J connectivity index is 0.000000274. The molecule has 11 nitrogen and oxygen atoms in total. The molecule has 4 aromatic rings. The lowest BCUT2D eigenvalue weighted by Crippen LogP contribution is -2.34. The number of ketones is 1. The molecule has 7 heterocycles. The van der Waals surface area contributed by atoms with Crippen LogP contribution in [0.5, 0.6) is 0 Å².